The molecule has 0 radical (unpaired) electrons. The summed E-state index contributed by atoms with van der Waals surface area (Å²) in [5, 5.41) is 19.6. The quantitative estimate of drug-likeness (QED) is 0.899. The van der Waals surface area contributed by atoms with E-state index in [2.05, 4.69) is 0 Å². The van der Waals surface area contributed by atoms with Crippen molar-refractivity contribution in [1.29, 1.82) is 0 Å². The van der Waals surface area contributed by atoms with Crippen LogP contribution in [0.5, 0.6) is 23.0 Å². The molecule has 0 aliphatic carbocycles. The lowest BCUT2D eigenvalue weighted by Crippen LogP contribution is -1.98. The molecule has 0 atom stereocenters. The normalized spacial score (nSPS) is 10.3. The van der Waals surface area contributed by atoms with Crippen molar-refractivity contribution < 1.29 is 19.7 Å². The molecule has 2 aromatic carbocycles. The van der Waals surface area contributed by atoms with Crippen LogP contribution in [0, 0.1) is 6.92 Å². The molecule has 4 nitrogen and oxygen atoms in total. The van der Waals surface area contributed by atoms with Gasteiger partial charge in [0, 0.05) is 12.0 Å². The van der Waals surface area contributed by atoms with Crippen LogP contribution in [0.2, 0.25) is 0 Å². The summed E-state index contributed by atoms with van der Waals surface area (Å²) in [6.45, 7) is 1.91. The van der Waals surface area contributed by atoms with Crippen molar-refractivity contribution in [2.24, 2.45) is 0 Å². The standard InChI is InChI=1S/C16H18O4/c1-10-8-14(19-2)16(20-3)15(18)13(10)9-11-4-6-12(17)7-5-11/h4-8,17-18H,9H2,1-3H3. The van der Waals surface area contributed by atoms with E-state index in [1.807, 2.05) is 25.1 Å². The van der Waals surface area contributed by atoms with Crippen LogP contribution in [-0.4, -0.2) is 24.4 Å². The minimum atomic E-state index is 0.0948. The fourth-order valence-electron chi connectivity index (χ4n) is 2.18. The first kappa shape index (κ1) is 14.1. The Morgan fingerprint density at radius 3 is 2.20 bits per heavy atom. The van der Waals surface area contributed by atoms with Crippen LogP contribution in [-0.2, 0) is 6.42 Å². The van der Waals surface area contributed by atoms with Crippen molar-refractivity contribution in [3.8, 4) is 23.0 Å². The highest BCUT2D eigenvalue weighted by atomic mass is 16.5. The molecule has 2 aromatic rings. The molecule has 2 N–H and O–H groups in total. The summed E-state index contributed by atoms with van der Waals surface area (Å²) < 4.78 is 10.4. The zero-order chi connectivity index (χ0) is 14.7. The van der Waals surface area contributed by atoms with Gasteiger partial charge in [0.1, 0.15) is 5.75 Å². The molecule has 0 aliphatic rings. The first-order valence-corrected chi connectivity index (χ1v) is 6.28. The van der Waals surface area contributed by atoms with Crippen molar-refractivity contribution in [3.05, 3.63) is 47.0 Å². The summed E-state index contributed by atoms with van der Waals surface area (Å²) in [6, 6.07) is 8.75. The average molecular weight is 274 g/mol. The van der Waals surface area contributed by atoms with Crippen LogP contribution in [0.15, 0.2) is 30.3 Å². The second kappa shape index (κ2) is 5.74. The summed E-state index contributed by atoms with van der Waals surface area (Å²) in [6.07, 6.45) is 0.554. The lowest BCUT2D eigenvalue weighted by molar-refractivity contribution is 0.331. The highest BCUT2D eigenvalue weighted by Crippen LogP contribution is 2.41. The first-order valence-electron chi connectivity index (χ1n) is 6.28. The monoisotopic (exact) mass is 274 g/mol. The molecular formula is C16H18O4. The molecule has 0 amide bonds. The predicted octanol–water partition coefficient (Wildman–Crippen LogP) is 3.01. The van der Waals surface area contributed by atoms with E-state index in [1.165, 1.54) is 14.2 Å². The SMILES string of the molecule is COc1cc(C)c(Cc2ccc(O)cc2)c(O)c1OC. The van der Waals surface area contributed by atoms with E-state index in [0.29, 0.717) is 17.9 Å². The van der Waals surface area contributed by atoms with Crippen molar-refractivity contribution in [2.75, 3.05) is 14.2 Å². The lowest BCUT2D eigenvalue weighted by Gasteiger charge is -2.15. The second-order valence-electron chi connectivity index (χ2n) is 4.60. The van der Waals surface area contributed by atoms with E-state index in [4.69, 9.17) is 9.47 Å². The van der Waals surface area contributed by atoms with Crippen molar-refractivity contribution in [2.45, 2.75) is 13.3 Å². The van der Waals surface area contributed by atoms with Crippen molar-refractivity contribution >= 4 is 0 Å². The molecule has 0 aromatic heterocycles. The van der Waals surface area contributed by atoms with Gasteiger partial charge in [-0.05, 0) is 36.2 Å². The number of benzene rings is 2. The number of phenols is 2. The number of hydrogen-bond acceptors (Lipinski definition) is 4. The fraction of sp³-hybridized carbons (Fsp3) is 0.250. The Kier molecular flexibility index (Phi) is 4.03. The molecule has 0 spiro atoms. The number of phenolic OH excluding ortho intramolecular Hbond substituents is 2. The van der Waals surface area contributed by atoms with E-state index in [1.54, 1.807) is 12.1 Å². The number of methoxy groups -OCH3 is 2. The fourth-order valence-corrected chi connectivity index (χ4v) is 2.18. The van der Waals surface area contributed by atoms with Gasteiger partial charge in [-0.1, -0.05) is 12.1 Å². The van der Waals surface area contributed by atoms with Gasteiger partial charge in [0.2, 0.25) is 5.75 Å². The van der Waals surface area contributed by atoms with Crippen molar-refractivity contribution in [3.63, 3.8) is 0 Å². The van der Waals surface area contributed by atoms with Gasteiger partial charge in [-0.2, -0.15) is 0 Å². The van der Waals surface area contributed by atoms with E-state index in [0.717, 1.165) is 16.7 Å². The van der Waals surface area contributed by atoms with E-state index < -0.39 is 0 Å². The van der Waals surface area contributed by atoms with Crippen LogP contribution in [0.25, 0.3) is 0 Å². The summed E-state index contributed by atoms with van der Waals surface area (Å²) in [5.74, 6) is 1.17. The number of aromatic hydroxyl groups is 2. The Labute approximate surface area is 118 Å². The Balaban J connectivity index is 2.43. The zero-order valence-electron chi connectivity index (χ0n) is 11.8. The van der Waals surface area contributed by atoms with Crippen LogP contribution < -0.4 is 9.47 Å². The molecule has 0 bridgehead atoms. The molecule has 106 valence electrons. The number of aryl methyl sites for hydroxylation is 1. The smallest absolute Gasteiger partial charge is 0.203 e. The summed E-state index contributed by atoms with van der Waals surface area (Å²) >= 11 is 0. The van der Waals surface area contributed by atoms with E-state index in [9.17, 15) is 10.2 Å². The summed E-state index contributed by atoms with van der Waals surface area (Å²) in [4.78, 5) is 0. The highest BCUT2D eigenvalue weighted by molar-refractivity contribution is 5.59. The number of rotatable bonds is 4. The minimum absolute atomic E-state index is 0.0948. The Morgan fingerprint density at radius 1 is 1.00 bits per heavy atom. The Morgan fingerprint density at radius 2 is 1.65 bits per heavy atom. The van der Waals surface area contributed by atoms with Gasteiger partial charge in [0.15, 0.2) is 11.5 Å². The summed E-state index contributed by atoms with van der Waals surface area (Å²) in [7, 11) is 3.04. The molecule has 0 unspecified atom stereocenters. The van der Waals surface area contributed by atoms with E-state index in [-0.39, 0.29) is 11.5 Å². The Hall–Kier alpha value is -2.36. The molecule has 0 aliphatic heterocycles. The zero-order valence-corrected chi connectivity index (χ0v) is 11.8. The maximum Gasteiger partial charge on any atom is 0.203 e. The predicted molar refractivity (Wildman–Crippen MR) is 76.9 cm³/mol. The van der Waals surface area contributed by atoms with Gasteiger partial charge in [0.05, 0.1) is 14.2 Å². The van der Waals surface area contributed by atoms with E-state index >= 15 is 0 Å². The van der Waals surface area contributed by atoms with Crippen molar-refractivity contribution in [1.82, 2.24) is 0 Å². The van der Waals surface area contributed by atoms with Gasteiger partial charge in [-0.3, -0.25) is 0 Å². The molecule has 20 heavy (non-hydrogen) atoms. The third kappa shape index (κ3) is 2.64. The molecule has 0 saturated heterocycles. The first-order chi connectivity index (χ1) is 9.56. The molecule has 0 heterocycles. The van der Waals surface area contributed by atoms with Gasteiger partial charge in [-0.25, -0.2) is 0 Å². The molecule has 2 rings (SSSR count). The number of ether oxygens (including phenoxy) is 2. The maximum atomic E-state index is 10.3. The molecule has 0 saturated carbocycles. The molecule has 4 heteroatoms. The second-order valence-corrected chi connectivity index (χ2v) is 4.60. The van der Waals surface area contributed by atoms with Crippen LogP contribution in [0.4, 0.5) is 0 Å². The largest absolute Gasteiger partial charge is 0.508 e. The van der Waals surface area contributed by atoms with Gasteiger partial charge in [-0.15, -0.1) is 0 Å². The summed E-state index contributed by atoms with van der Waals surface area (Å²) in [5.41, 5.74) is 2.70. The van der Waals surface area contributed by atoms with Crippen LogP contribution >= 0.6 is 0 Å². The maximum absolute atomic E-state index is 10.3. The topological polar surface area (TPSA) is 58.9 Å². The van der Waals surface area contributed by atoms with Crippen LogP contribution in [0.3, 0.4) is 0 Å². The molecule has 0 fully saturated rings. The minimum Gasteiger partial charge on any atom is -0.508 e. The van der Waals surface area contributed by atoms with Gasteiger partial charge in [0.25, 0.3) is 0 Å². The third-order valence-electron chi connectivity index (χ3n) is 3.29. The third-order valence-corrected chi connectivity index (χ3v) is 3.29. The van der Waals surface area contributed by atoms with Crippen LogP contribution in [0.1, 0.15) is 16.7 Å². The number of hydrogen-bond donors (Lipinski definition) is 2. The molecular weight excluding hydrogens is 256 g/mol. The highest BCUT2D eigenvalue weighted by Gasteiger charge is 2.17. The van der Waals surface area contributed by atoms with Gasteiger partial charge >= 0.3 is 0 Å². The van der Waals surface area contributed by atoms with Gasteiger partial charge < -0.3 is 19.7 Å². The Bertz CT molecular complexity index is 603. The average Bonchev–Trinajstić information content (AvgIpc) is 2.44. The lowest BCUT2D eigenvalue weighted by atomic mass is 9.98.